The van der Waals surface area contributed by atoms with Crippen LogP contribution in [0.4, 0.5) is 0 Å². The van der Waals surface area contributed by atoms with Crippen LogP contribution >= 0.6 is 0 Å². The molecule has 1 aliphatic carbocycles. The van der Waals surface area contributed by atoms with E-state index in [4.69, 9.17) is 0 Å². The van der Waals surface area contributed by atoms with Crippen LogP contribution in [0.15, 0.2) is 12.3 Å². The molecule has 22 heavy (non-hydrogen) atoms. The molecular formula is C18H28N2O2. The molecule has 1 heterocycles. The molecule has 0 saturated heterocycles. The quantitative estimate of drug-likeness (QED) is 0.865. The lowest BCUT2D eigenvalue weighted by molar-refractivity contribution is 0.0878. The Bertz CT molecular complexity index is 530. The molecule has 0 bridgehead atoms. The number of aromatic nitrogens is 1. The number of hydrogen-bond acceptors (Lipinski definition) is 3. The number of unbranched alkanes of at least 4 members (excludes halogenated alkanes) is 1. The number of nitrogens with zero attached hydrogens (tertiary/aromatic N) is 1. The maximum absolute atomic E-state index is 12.4. The lowest BCUT2D eigenvalue weighted by Gasteiger charge is -2.38. The minimum Gasteiger partial charge on any atom is -0.505 e. The summed E-state index contributed by atoms with van der Waals surface area (Å²) in [6.45, 7) is 6.33. The summed E-state index contributed by atoms with van der Waals surface area (Å²) in [5.41, 5.74) is 1.14. The normalized spacial score (nSPS) is 25.0. The van der Waals surface area contributed by atoms with Crippen LogP contribution in [-0.2, 0) is 0 Å². The number of aryl methyl sites for hydroxylation is 1. The molecule has 2 N–H and O–H groups in total. The molecule has 1 saturated carbocycles. The molecule has 1 fully saturated rings. The van der Waals surface area contributed by atoms with Crippen molar-refractivity contribution < 1.29 is 9.90 Å². The highest BCUT2D eigenvalue weighted by atomic mass is 16.3. The summed E-state index contributed by atoms with van der Waals surface area (Å²) < 4.78 is 0. The molecule has 1 amide bonds. The molecule has 0 spiro atoms. The molecule has 0 aliphatic heterocycles. The molecule has 2 atom stereocenters. The molecule has 1 aromatic rings. The van der Waals surface area contributed by atoms with Gasteiger partial charge >= 0.3 is 0 Å². The van der Waals surface area contributed by atoms with Gasteiger partial charge in [-0.1, -0.05) is 33.1 Å². The van der Waals surface area contributed by atoms with Crippen molar-refractivity contribution in [3.8, 4) is 5.75 Å². The van der Waals surface area contributed by atoms with Gasteiger partial charge in [0.25, 0.3) is 5.91 Å². The fourth-order valence-corrected chi connectivity index (χ4v) is 3.50. The molecular weight excluding hydrogens is 276 g/mol. The molecule has 0 aromatic carbocycles. The monoisotopic (exact) mass is 304 g/mol. The largest absolute Gasteiger partial charge is 0.505 e. The fourth-order valence-electron chi connectivity index (χ4n) is 3.50. The minimum atomic E-state index is -0.258. The van der Waals surface area contributed by atoms with Crippen molar-refractivity contribution in [1.29, 1.82) is 0 Å². The second kappa shape index (κ2) is 7.12. The maximum Gasteiger partial charge on any atom is 0.273 e. The van der Waals surface area contributed by atoms with Gasteiger partial charge in [0.1, 0.15) is 5.75 Å². The zero-order chi connectivity index (χ0) is 16.2. The van der Waals surface area contributed by atoms with Crippen LogP contribution < -0.4 is 5.32 Å². The predicted molar refractivity (Wildman–Crippen MR) is 88.0 cm³/mol. The molecule has 1 aromatic heterocycles. The van der Waals surface area contributed by atoms with E-state index in [-0.39, 0.29) is 23.4 Å². The number of carbonyl (C=O) groups excluding carboxylic acids is 1. The second-order valence-corrected chi connectivity index (χ2v) is 7.01. The van der Waals surface area contributed by atoms with Crippen LogP contribution in [-0.4, -0.2) is 22.0 Å². The molecule has 122 valence electrons. The summed E-state index contributed by atoms with van der Waals surface area (Å²) in [7, 11) is 0. The Labute approximate surface area is 133 Å². The van der Waals surface area contributed by atoms with Gasteiger partial charge in [-0.05, 0) is 49.7 Å². The van der Waals surface area contributed by atoms with Gasteiger partial charge in [0, 0.05) is 12.2 Å². The Morgan fingerprint density at radius 2 is 2.32 bits per heavy atom. The number of hydrogen-bond donors (Lipinski definition) is 2. The van der Waals surface area contributed by atoms with Crippen molar-refractivity contribution >= 4 is 5.91 Å². The Morgan fingerprint density at radius 3 is 3.05 bits per heavy atom. The summed E-state index contributed by atoms with van der Waals surface area (Å²) in [5, 5.41) is 13.1. The minimum absolute atomic E-state index is 0.00967. The summed E-state index contributed by atoms with van der Waals surface area (Å²) in [4.78, 5) is 16.4. The van der Waals surface area contributed by atoms with Crippen molar-refractivity contribution in [3.05, 3.63) is 23.5 Å². The molecule has 4 nitrogen and oxygen atoms in total. The summed E-state index contributed by atoms with van der Waals surface area (Å²) in [5.74, 6) is -0.268. The molecule has 0 radical (unpaired) electrons. The third-order valence-electron chi connectivity index (χ3n) is 4.88. The van der Waals surface area contributed by atoms with Crippen LogP contribution in [0.5, 0.6) is 5.75 Å². The highest BCUT2D eigenvalue weighted by molar-refractivity contribution is 5.95. The van der Waals surface area contributed by atoms with E-state index in [9.17, 15) is 9.90 Å². The van der Waals surface area contributed by atoms with Gasteiger partial charge in [0.2, 0.25) is 0 Å². The molecule has 2 rings (SSSR count). The van der Waals surface area contributed by atoms with Crippen molar-refractivity contribution in [2.24, 2.45) is 5.41 Å². The molecule has 1 aliphatic rings. The fraction of sp³-hybridized carbons (Fsp3) is 0.667. The van der Waals surface area contributed by atoms with Crippen LogP contribution in [0.1, 0.15) is 74.8 Å². The van der Waals surface area contributed by atoms with Crippen molar-refractivity contribution in [2.75, 3.05) is 0 Å². The number of pyridine rings is 1. The average Bonchev–Trinajstić information content (AvgIpc) is 2.48. The van der Waals surface area contributed by atoms with E-state index in [1.54, 1.807) is 19.2 Å². The Balaban J connectivity index is 2.00. The first-order valence-electron chi connectivity index (χ1n) is 8.40. The number of amides is 1. The topological polar surface area (TPSA) is 62.2 Å². The van der Waals surface area contributed by atoms with Crippen molar-refractivity contribution in [3.63, 3.8) is 0 Å². The maximum atomic E-state index is 12.4. The SMILES string of the molecule is CCCCC1(C)CCCC(NC(=O)c2nccc(C)c2O)C1. The first-order chi connectivity index (χ1) is 10.4. The number of rotatable bonds is 5. The molecule has 2 unspecified atom stereocenters. The third kappa shape index (κ3) is 3.99. The Hall–Kier alpha value is -1.58. The van der Waals surface area contributed by atoms with E-state index in [1.807, 2.05) is 0 Å². The first-order valence-corrected chi connectivity index (χ1v) is 8.40. The van der Waals surface area contributed by atoms with E-state index in [1.165, 1.54) is 25.7 Å². The standard InChI is InChI=1S/C18H28N2O2/c1-4-5-9-18(3)10-6-7-14(12-18)20-17(22)15-16(21)13(2)8-11-19-15/h8,11,14,21H,4-7,9-10,12H2,1-3H3,(H,20,22). The Morgan fingerprint density at radius 1 is 1.55 bits per heavy atom. The van der Waals surface area contributed by atoms with Crippen LogP contribution in [0.25, 0.3) is 0 Å². The van der Waals surface area contributed by atoms with Gasteiger partial charge in [-0.25, -0.2) is 4.98 Å². The van der Waals surface area contributed by atoms with Gasteiger partial charge in [0.05, 0.1) is 0 Å². The lowest BCUT2D eigenvalue weighted by Crippen LogP contribution is -2.41. The van der Waals surface area contributed by atoms with Gasteiger partial charge < -0.3 is 10.4 Å². The predicted octanol–water partition coefficient (Wildman–Crippen LogP) is 3.96. The smallest absolute Gasteiger partial charge is 0.273 e. The van der Waals surface area contributed by atoms with Crippen LogP contribution in [0, 0.1) is 12.3 Å². The third-order valence-corrected chi connectivity index (χ3v) is 4.88. The lowest BCUT2D eigenvalue weighted by atomic mass is 9.70. The Kier molecular flexibility index (Phi) is 5.43. The number of nitrogens with one attached hydrogen (secondary N) is 1. The highest BCUT2D eigenvalue weighted by Crippen LogP contribution is 2.40. The average molecular weight is 304 g/mol. The van der Waals surface area contributed by atoms with Crippen molar-refractivity contribution in [2.45, 2.75) is 71.8 Å². The zero-order valence-corrected chi connectivity index (χ0v) is 14.0. The molecule has 4 heteroatoms. The highest BCUT2D eigenvalue weighted by Gasteiger charge is 2.32. The van der Waals surface area contributed by atoms with E-state index < -0.39 is 0 Å². The zero-order valence-electron chi connectivity index (χ0n) is 14.0. The van der Waals surface area contributed by atoms with Crippen molar-refractivity contribution in [1.82, 2.24) is 10.3 Å². The first kappa shape index (κ1) is 16.8. The van der Waals surface area contributed by atoms with Gasteiger partial charge in [-0.2, -0.15) is 0 Å². The summed E-state index contributed by atoms with van der Waals surface area (Å²) in [6, 6.07) is 1.89. The van der Waals surface area contributed by atoms with E-state index in [0.29, 0.717) is 11.0 Å². The number of aromatic hydroxyl groups is 1. The van der Waals surface area contributed by atoms with Gasteiger partial charge in [-0.15, -0.1) is 0 Å². The summed E-state index contributed by atoms with van der Waals surface area (Å²) in [6.07, 6.45) is 9.68. The van der Waals surface area contributed by atoms with E-state index >= 15 is 0 Å². The van der Waals surface area contributed by atoms with E-state index in [0.717, 1.165) is 19.3 Å². The van der Waals surface area contributed by atoms with Crippen LogP contribution in [0.3, 0.4) is 0 Å². The van der Waals surface area contributed by atoms with E-state index in [2.05, 4.69) is 24.1 Å². The number of carbonyl (C=O) groups is 1. The van der Waals surface area contributed by atoms with Gasteiger partial charge in [-0.3, -0.25) is 4.79 Å². The van der Waals surface area contributed by atoms with Gasteiger partial charge in [0.15, 0.2) is 5.69 Å². The summed E-state index contributed by atoms with van der Waals surface area (Å²) >= 11 is 0. The van der Waals surface area contributed by atoms with Crippen LogP contribution in [0.2, 0.25) is 0 Å². The second-order valence-electron chi connectivity index (χ2n) is 7.01.